The molecule has 1 aliphatic heterocycles. The first kappa shape index (κ1) is 14.2. The summed E-state index contributed by atoms with van der Waals surface area (Å²) in [6, 6.07) is 1.28. The first-order valence-corrected chi connectivity index (χ1v) is 8.99. The Labute approximate surface area is 102 Å². The van der Waals surface area contributed by atoms with Crippen LogP contribution in [0.25, 0.3) is 0 Å². The highest BCUT2D eigenvalue weighted by atomic mass is 28.4. The van der Waals surface area contributed by atoms with Gasteiger partial charge in [-0.3, -0.25) is 9.47 Å². The zero-order valence-electron chi connectivity index (χ0n) is 11.8. The molecule has 0 amide bonds. The van der Waals surface area contributed by atoms with Gasteiger partial charge in [-0.15, -0.1) is 0 Å². The third-order valence-corrected chi connectivity index (χ3v) is 7.80. The molecule has 3 nitrogen and oxygen atoms in total. The van der Waals surface area contributed by atoms with Crippen molar-refractivity contribution in [2.45, 2.75) is 45.9 Å². The van der Waals surface area contributed by atoms with E-state index >= 15 is 0 Å². The molecule has 0 spiro atoms. The van der Waals surface area contributed by atoms with Crippen molar-refractivity contribution in [3.8, 4) is 0 Å². The molecule has 0 aromatic carbocycles. The zero-order chi connectivity index (χ0) is 12.3. The minimum absolute atomic E-state index is 0.515. The quantitative estimate of drug-likeness (QED) is 0.691. The lowest BCUT2D eigenvalue weighted by Crippen LogP contribution is -2.57. The molecule has 1 aliphatic rings. The van der Waals surface area contributed by atoms with Gasteiger partial charge >= 0.3 is 0 Å². The highest BCUT2D eigenvalue weighted by Gasteiger charge is 2.43. The summed E-state index contributed by atoms with van der Waals surface area (Å²) in [6.07, 6.45) is 1.82. The lowest BCUT2D eigenvalue weighted by molar-refractivity contribution is 0.114. The Morgan fingerprint density at radius 2 is 2.00 bits per heavy atom. The Bertz CT molecular complexity index is 225. The molecule has 1 heterocycles. The molecule has 0 radical (unpaired) electrons. The van der Waals surface area contributed by atoms with Crippen LogP contribution in [0.15, 0.2) is 0 Å². The average molecular weight is 244 g/mol. The van der Waals surface area contributed by atoms with E-state index in [1.54, 1.807) is 0 Å². The fraction of sp³-hybridized carbons (Fsp3) is 1.00. The molecule has 0 aromatic rings. The second-order valence-corrected chi connectivity index (χ2v) is 9.47. The van der Waals surface area contributed by atoms with Crippen molar-refractivity contribution in [1.29, 1.82) is 0 Å². The zero-order valence-corrected chi connectivity index (χ0v) is 12.8. The summed E-state index contributed by atoms with van der Waals surface area (Å²) < 4.78 is 8.45. The summed E-state index contributed by atoms with van der Waals surface area (Å²) in [4.78, 5) is 2.46. The van der Waals surface area contributed by atoms with Crippen LogP contribution in [0.1, 0.15) is 27.2 Å². The van der Waals surface area contributed by atoms with Crippen molar-refractivity contribution in [1.82, 2.24) is 9.47 Å². The van der Waals surface area contributed by atoms with Crippen LogP contribution >= 0.6 is 0 Å². The van der Waals surface area contributed by atoms with Crippen LogP contribution in [0.4, 0.5) is 0 Å². The van der Waals surface area contributed by atoms with Crippen molar-refractivity contribution in [2.75, 3.05) is 27.2 Å². The smallest absolute Gasteiger partial charge is 0.269 e. The molecular formula is C12H28N2OSi. The van der Waals surface area contributed by atoms with Gasteiger partial charge in [-0.05, 0) is 45.4 Å². The van der Waals surface area contributed by atoms with Crippen LogP contribution in [-0.4, -0.2) is 51.4 Å². The van der Waals surface area contributed by atoms with E-state index in [4.69, 9.17) is 4.43 Å². The predicted molar refractivity (Wildman–Crippen MR) is 71.7 cm³/mol. The molecule has 96 valence electrons. The van der Waals surface area contributed by atoms with Crippen LogP contribution < -0.4 is 0 Å². The second-order valence-electron chi connectivity index (χ2n) is 5.64. The standard InChI is InChI=1S/C12H28N2OSi/c1-11(2)10-13(4)12(3)14-8-7-9-16(14,6)15-5/h11-12H,7-10H2,1-6H3. The molecule has 0 saturated carbocycles. The Hall–Kier alpha value is 0.0969. The third-order valence-electron chi connectivity index (χ3n) is 3.83. The lowest BCUT2D eigenvalue weighted by Gasteiger charge is -2.40. The number of nitrogens with zero attached hydrogens (tertiary/aromatic N) is 2. The molecule has 1 rings (SSSR count). The average Bonchev–Trinajstić information content (AvgIpc) is 2.59. The highest BCUT2D eigenvalue weighted by Crippen LogP contribution is 2.29. The molecule has 0 bridgehead atoms. The van der Waals surface area contributed by atoms with E-state index in [1.807, 2.05) is 7.11 Å². The van der Waals surface area contributed by atoms with Crippen molar-refractivity contribution < 1.29 is 4.43 Å². The van der Waals surface area contributed by atoms with Gasteiger partial charge in [0.05, 0.1) is 6.17 Å². The Morgan fingerprint density at radius 1 is 1.38 bits per heavy atom. The molecule has 4 heteroatoms. The maximum atomic E-state index is 5.83. The first-order chi connectivity index (χ1) is 7.40. The third kappa shape index (κ3) is 3.06. The Morgan fingerprint density at radius 3 is 2.50 bits per heavy atom. The van der Waals surface area contributed by atoms with Crippen molar-refractivity contribution >= 4 is 8.48 Å². The molecule has 0 N–H and O–H groups in total. The van der Waals surface area contributed by atoms with Crippen LogP contribution in [0, 0.1) is 5.92 Å². The Kier molecular flexibility index (Phi) is 4.98. The molecular weight excluding hydrogens is 216 g/mol. The Balaban J connectivity index is 2.62. The van der Waals surface area contributed by atoms with Gasteiger partial charge in [0, 0.05) is 13.7 Å². The first-order valence-electron chi connectivity index (χ1n) is 6.43. The maximum absolute atomic E-state index is 5.83. The molecule has 16 heavy (non-hydrogen) atoms. The summed E-state index contributed by atoms with van der Waals surface area (Å²) in [6.45, 7) is 11.6. The van der Waals surface area contributed by atoms with E-state index in [9.17, 15) is 0 Å². The summed E-state index contributed by atoms with van der Waals surface area (Å²) in [5, 5.41) is 0. The van der Waals surface area contributed by atoms with Crippen LogP contribution in [0.3, 0.4) is 0 Å². The number of rotatable bonds is 5. The van der Waals surface area contributed by atoms with Gasteiger partial charge < -0.3 is 4.43 Å². The molecule has 0 aromatic heterocycles. The summed E-state index contributed by atoms with van der Waals surface area (Å²) in [7, 11) is 2.54. The summed E-state index contributed by atoms with van der Waals surface area (Å²) in [5.41, 5.74) is 0. The van der Waals surface area contributed by atoms with Crippen LogP contribution in [0.5, 0.6) is 0 Å². The predicted octanol–water partition coefficient (Wildman–Crippen LogP) is 2.34. The van der Waals surface area contributed by atoms with E-state index in [0.29, 0.717) is 6.17 Å². The van der Waals surface area contributed by atoms with E-state index < -0.39 is 8.48 Å². The lowest BCUT2D eigenvalue weighted by atomic mass is 10.2. The largest absolute Gasteiger partial charge is 0.406 e. The number of hydrogen-bond donors (Lipinski definition) is 0. The van der Waals surface area contributed by atoms with Gasteiger partial charge in [-0.1, -0.05) is 13.8 Å². The summed E-state index contributed by atoms with van der Waals surface area (Å²) in [5.74, 6) is 0.727. The normalized spacial score (nSPS) is 29.2. The van der Waals surface area contributed by atoms with Crippen molar-refractivity contribution in [2.24, 2.45) is 5.92 Å². The van der Waals surface area contributed by atoms with Crippen molar-refractivity contribution in [3.05, 3.63) is 0 Å². The summed E-state index contributed by atoms with van der Waals surface area (Å²) >= 11 is 0. The fourth-order valence-electron chi connectivity index (χ4n) is 2.73. The highest BCUT2D eigenvalue weighted by molar-refractivity contribution is 6.70. The minimum atomic E-state index is -1.57. The van der Waals surface area contributed by atoms with E-state index in [1.165, 1.54) is 19.0 Å². The minimum Gasteiger partial charge on any atom is -0.406 e. The molecule has 1 saturated heterocycles. The van der Waals surface area contributed by atoms with E-state index in [2.05, 4.69) is 43.8 Å². The van der Waals surface area contributed by atoms with E-state index in [0.717, 1.165) is 12.5 Å². The van der Waals surface area contributed by atoms with Gasteiger partial charge in [0.25, 0.3) is 8.48 Å². The second kappa shape index (κ2) is 5.62. The maximum Gasteiger partial charge on any atom is 0.269 e. The fourth-order valence-corrected chi connectivity index (χ4v) is 5.88. The topological polar surface area (TPSA) is 15.7 Å². The molecule has 2 unspecified atom stereocenters. The van der Waals surface area contributed by atoms with Crippen LogP contribution in [-0.2, 0) is 4.43 Å². The number of hydrogen-bond acceptors (Lipinski definition) is 3. The molecule has 2 atom stereocenters. The van der Waals surface area contributed by atoms with Gasteiger partial charge in [0.2, 0.25) is 0 Å². The van der Waals surface area contributed by atoms with Gasteiger partial charge in [-0.25, -0.2) is 0 Å². The monoisotopic (exact) mass is 244 g/mol. The van der Waals surface area contributed by atoms with Crippen molar-refractivity contribution in [3.63, 3.8) is 0 Å². The van der Waals surface area contributed by atoms with Gasteiger partial charge in [0.15, 0.2) is 0 Å². The molecule has 0 aliphatic carbocycles. The van der Waals surface area contributed by atoms with E-state index in [-0.39, 0.29) is 0 Å². The SMILES string of the molecule is CO[Si]1(C)CCCN1C(C)N(C)CC(C)C. The van der Waals surface area contributed by atoms with Crippen LogP contribution in [0.2, 0.25) is 12.6 Å². The molecule has 1 fully saturated rings. The van der Waals surface area contributed by atoms with Gasteiger partial charge in [-0.2, -0.15) is 0 Å². The van der Waals surface area contributed by atoms with Gasteiger partial charge in [0.1, 0.15) is 0 Å².